The molecule has 1 aromatic rings. The summed E-state index contributed by atoms with van der Waals surface area (Å²) in [7, 11) is 1.59. The van der Waals surface area contributed by atoms with Crippen LogP contribution in [0.2, 0.25) is 0 Å². The molecule has 100 valence electrons. The van der Waals surface area contributed by atoms with Crippen LogP contribution < -0.4 is 5.32 Å². The highest BCUT2D eigenvalue weighted by Crippen LogP contribution is 2.14. The van der Waals surface area contributed by atoms with Crippen LogP contribution in [0, 0.1) is 9.39 Å². The van der Waals surface area contributed by atoms with E-state index in [1.807, 2.05) is 22.6 Å². The summed E-state index contributed by atoms with van der Waals surface area (Å²) in [6.07, 6.45) is 0.642. The van der Waals surface area contributed by atoms with Crippen LogP contribution >= 0.6 is 34.2 Å². The van der Waals surface area contributed by atoms with Gasteiger partial charge in [0.05, 0.1) is 5.56 Å². The topological polar surface area (TPSA) is 38.3 Å². The van der Waals surface area contributed by atoms with Gasteiger partial charge in [-0.15, -0.1) is 11.6 Å². The van der Waals surface area contributed by atoms with Crippen molar-refractivity contribution < 1.29 is 13.9 Å². The van der Waals surface area contributed by atoms with Gasteiger partial charge < -0.3 is 10.1 Å². The highest BCUT2D eigenvalue weighted by molar-refractivity contribution is 14.1. The Bertz CT molecular complexity index is 417. The summed E-state index contributed by atoms with van der Waals surface area (Å²) >= 11 is 7.70. The van der Waals surface area contributed by atoms with Gasteiger partial charge in [-0.2, -0.15) is 0 Å². The minimum atomic E-state index is -0.357. The molecule has 18 heavy (non-hydrogen) atoms. The minimum Gasteiger partial charge on any atom is -0.385 e. The van der Waals surface area contributed by atoms with E-state index in [9.17, 15) is 9.18 Å². The molecule has 0 saturated heterocycles. The SMILES string of the molecule is COCCC(CCl)NC(=O)c1ccc(F)cc1I. The molecule has 0 aliphatic heterocycles. The molecule has 1 N–H and O–H groups in total. The highest BCUT2D eigenvalue weighted by atomic mass is 127. The van der Waals surface area contributed by atoms with Gasteiger partial charge in [0.2, 0.25) is 0 Å². The molecule has 1 atom stereocenters. The summed E-state index contributed by atoms with van der Waals surface area (Å²) in [5.74, 6) is -0.294. The van der Waals surface area contributed by atoms with Crippen LogP contribution in [0.3, 0.4) is 0 Å². The Hall–Kier alpha value is -0.400. The zero-order chi connectivity index (χ0) is 13.5. The predicted octanol–water partition coefficient (Wildman–Crippen LogP) is 2.80. The molecule has 0 aromatic heterocycles. The van der Waals surface area contributed by atoms with Gasteiger partial charge >= 0.3 is 0 Å². The van der Waals surface area contributed by atoms with Crippen LogP contribution in [0.25, 0.3) is 0 Å². The monoisotopic (exact) mass is 385 g/mol. The number of carbonyl (C=O) groups is 1. The van der Waals surface area contributed by atoms with Gasteiger partial charge in [-0.05, 0) is 47.2 Å². The lowest BCUT2D eigenvalue weighted by molar-refractivity contribution is 0.0929. The zero-order valence-corrected chi connectivity index (χ0v) is 12.8. The highest BCUT2D eigenvalue weighted by Gasteiger charge is 2.15. The Morgan fingerprint density at radius 2 is 2.33 bits per heavy atom. The molecule has 3 nitrogen and oxygen atoms in total. The van der Waals surface area contributed by atoms with E-state index in [2.05, 4.69) is 5.32 Å². The van der Waals surface area contributed by atoms with Gasteiger partial charge in [0, 0.05) is 29.2 Å². The Balaban J connectivity index is 2.68. The lowest BCUT2D eigenvalue weighted by Crippen LogP contribution is -2.37. The standard InChI is InChI=1S/C12H14ClFINO2/c1-18-5-4-9(7-13)16-12(17)10-3-2-8(14)6-11(10)15/h2-3,6,9H,4-5,7H2,1H3,(H,16,17). The normalized spacial score (nSPS) is 12.2. The fraction of sp³-hybridized carbons (Fsp3) is 0.417. The largest absolute Gasteiger partial charge is 0.385 e. The molecule has 0 aliphatic rings. The number of carbonyl (C=O) groups excluding carboxylic acids is 1. The number of ether oxygens (including phenoxy) is 1. The number of rotatable bonds is 6. The van der Waals surface area contributed by atoms with Crippen LogP contribution in [-0.2, 0) is 4.74 Å². The van der Waals surface area contributed by atoms with Crippen molar-refractivity contribution in [1.29, 1.82) is 0 Å². The number of alkyl halides is 1. The van der Waals surface area contributed by atoms with Crippen LogP contribution in [0.1, 0.15) is 16.8 Å². The molecule has 1 aromatic carbocycles. The lowest BCUT2D eigenvalue weighted by atomic mass is 10.2. The van der Waals surface area contributed by atoms with Crippen molar-refractivity contribution in [2.24, 2.45) is 0 Å². The molecule has 1 amide bonds. The first kappa shape index (κ1) is 15.7. The number of benzene rings is 1. The third-order valence-electron chi connectivity index (χ3n) is 2.37. The Morgan fingerprint density at radius 3 is 2.89 bits per heavy atom. The van der Waals surface area contributed by atoms with Crippen molar-refractivity contribution in [3.63, 3.8) is 0 Å². The molecule has 0 fully saturated rings. The summed E-state index contributed by atoms with van der Waals surface area (Å²) in [5.41, 5.74) is 0.449. The number of halogens is 3. The fourth-order valence-corrected chi connectivity index (χ4v) is 2.34. The smallest absolute Gasteiger partial charge is 0.252 e. The molecule has 0 aliphatic carbocycles. The van der Waals surface area contributed by atoms with Gasteiger partial charge in [-0.1, -0.05) is 0 Å². The summed E-state index contributed by atoms with van der Waals surface area (Å²) < 4.78 is 18.4. The second-order valence-electron chi connectivity index (χ2n) is 3.73. The van der Waals surface area contributed by atoms with E-state index in [1.165, 1.54) is 18.2 Å². The summed E-state index contributed by atoms with van der Waals surface area (Å²) in [5, 5.41) is 2.80. The van der Waals surface area contributed by atoms with Crippen LogP contribution in [-0.4, -0.2) is 31.5 Å². The Kier molecular flexibility index (Phi) is 6.88. The van der Waals surface area contributed by atoms with Crippen molar-refractivity contribution >= 4 is 40.1 Å². The molecular formula is C12H14ClFINO2. The number of hydrogen-bond acceptors (Lipinski definition) is 2. The molecule has 6 heteroatoms. The van der Waals surface area contributed by atoms with Crippen molar-refractivity contribution in [2.45, 2.75) is 12.5 Å². The fourth-order valence-electron chi connectivity index (χ4n) is 1.38. The maximum Gasteiger partial charge on any atom is 0.252 e. The number of hydrogen-bond donors (Lipinski definition) is 1. The first-order valence-electron chi connectivity index (χ1n) is 5.39. The molecule has 0 spiro atoms. The van der Waals surface area contributed by atoms with Gasteiger partial charge in [0.15, 0.2) is 0 Å². The van der Waals surface area contributed by atoms with E-state index in [0.717, 1.165) is 0 Å². The van der Waals surface area contributed by atoms with Gasteiger partial charge in [0.1, 0.15) is 5.82 Å². The van der Waals surface area contributed by atoms with Crippen molar-refractivity contribution in [3.05, 3.63) is 33.1 Å². The number of nitrogens with one attached hydrogen (secondary N) is 1. The predicted molar refractivity (Wildman–Crippen MR) is 77.6 cm³/mol. The second kappa shape index (κ2) is 7.91. The minimum absolute atomic E-state index is 0.153. The quantitative estimate of drug-likeness (QED) is 0.604. The Labute approximate surface area is 124 Å². The maximum atomic E-state index is 12.9. The lowest BCUT2D eigenvalue weighted by Gasteiger charge is -2.16. The average Bonchev–Trinajstić information content (AvgIpc) is 2.34. The van der Waals surface area contributed by atoms with Crippen molar-refractivity contribution in [3.8, 4) is 0 Å². The first-order valence-corrected chi connectivity index (χ1v) is 7.00. The molecule has 1 unspecified atom stereocenters. The third kappa shape index (κ3) is 4.70. The van der Waals surface area contributed by atoms with Gasteiger partial charge in [-0.3, -0.25) is 4.79 Å². The van der Waals surface area contributed by atoms with Gasteiger partial charge in [0.25, 0.3) is 5.91 Å². The summed E-state index contributed by atoms with van der Waals surface area (Å²) in [6.45, 7) is 0.526. The molecule has 1 rings (SSSR count). The van der Waals surface area contributed by atoms with E-state index in [-0.39, 0.29) is 17.8 Å². The molecule has 0 saturated carbocycles. The number of amides is 1. The van der Waals surface area contributed by atoms with Gasteiger partial charge in [-0.25, -0.2) is 4.39 Å². The second-order valence-corrected chi connectivity index (χ2v) is 5.20. The van der Waals surface area contributed by atoms with Crippen LogP contribution in [0.4, 0.5) is 4.39 Å². The van der Waals surface area contributed by atoms with Crippen LogP contribution in [0.5, 0.6) is 0 Å². The average molecular weight is 386 g/mol. The summed E-state index contributed by atoms with van der Waals surface area (Å²) in [6, 6.07) is 3.90. The molecular weight excluding hydrogens is 371 g/mol. The van der Waals surface area contributed by atoms with E-state index in [4.69, 9.17) is 16.3 Å². The molecule has 0 heterocycles. The van der Waals surface area contributed by atoms with E-state index < -0.39 is 0 Å². The maximum absolute atomic E-state index is 12.9. The zero-order valence-electron chi connectivity index (χ0n) is 9.88. The molecule has 0 radical (unpaired) electrons. The van der Waals surface area contributed by atoms with Crippen molar-refractivity contribution in [2.75, 3.05) is 19.6 Å². The molecule has 0 bridgehead atoms. The third-order valence-corrected chi connectivity index (χ3v) is 3.63. The van der Waals surface area contributed by atoms with E-state index in [0.29, 0.717) is 28.0 Å². The van der Waals surface area contributed by atoms with Crippen molar-refractivity contribution in [1.82, 2.24) is 5.32 Å². The van der Waals surface area contributed by atoms with E-state index >= 15 is 0 Å². The number of methoxy groups -OCH3 is 1. The summed E-state index contributed by atoms with van der Waals surface area (Å²) in [4.78, 5) is 12.0. The first-order chi connectivity index (χ1) is 8.58. The van der Waals surface area contributed by atoms with Crippen LogP contribution in [0.15, 0.2) is 18.2 Å². The van der Waals surface area contributed by atoms with E-state index in [1.54, 1.807) is 7.11 Å². The Morgan fingerprint density at radius 1 is 1.61 bits per heavy atom.